The van der Waals surface area contributed by atoms with Crippen LogP contribution in [-0.4, -0.2) is 70.1 Å². The zero-order valence-electron chi connectivity index (χ0n) is 14.8. The SMILES string of the molecule is CNC[C@H](O)[C@@H](O)[C@H](O)[C@H](O)CO.FC(F)(F)c1cc(Cl)c2c(c1)NC=CN2. The van der Waals surface area contributed by atoms with E-state index in [-0.39, 0.29) is 11.6 Å². The molecule has 12 heteroatoms. The normalized spacial score (nSPS) is 17.2. The number of hydrogen-bond donors (Lipinski definition) is 8. The molecule has 2 rings (SSSR count). The van der Waals surface area contributed by atoms with Crippen LogP contribution in [0, 0.1) is 0 Å². The summed E-state index contributed by atoms with van der Waals surface area (Å²) >= 11 is 5.72. The van der Waals surface area contributed by atoms with Crippen molar-refractivity contribution < 1.29 is 38.7 Å². The number of anilines is 2. The minimum Gasteiger partial charge on any atom is -0.394 e. The van der Waals surface area contributed by atoms with Crippen LogP contribution in [0.3, 0.4) is 0 Å². The van der Waals surface area contributed by atoms with E-state index >= 15 is 0 Å². The molecule has 8 N–H and O–H groups in total. The molecule has 0 aliphatic carbocycles. The number of aliphatic hydroxyl groups is 5. The molecule has 1 aliphatic rings. The van der Waals surface area contributed by atoms with Gasteiger partial charge in [-0.25, -0.2) is 0 Å². The van der Waals surface area contributed by atoms with E-state index in [1.165, 1.54) is 6.20 Å². The first-order valence-electron chi connectivity index (χ1n) is 8.09. The van der Waals surface area contributed by atoms with Gasteiger partial charge in [-0.3, -0.25) is 0 Å². The quantitative estimate of drug-likeness (QED) is 0.323. The summed E-state index contributed by atoms with van der Waals surface area (Å²) in [5, 5.41) is 53.0. The second-order valence-corrected chi connectivity index (χ2v) is 6.26. The van der Waals surface area contributed by atoms with Gasteiger partial charge in [-0.2, -0.15) is 13.2 Å². The van der Waals surface area contributed by atoms with Crippen molar-refractivity contribution in [1.29, 1.82) is 0 Å². The third-order valence-electron chi connectivity index (χ3n) is 3.71. The highest BCUT2D eigenvalue weighted by molar-refractivity contribution is 6.34. The molecule has 0 bridgehead atoms. The number of nitrogens with one attached hydrogen (secondary N) is 3. The van der Waals surface area contributed by atoms with Crippen LogP contribution in [0.1, 0.15) is 5.56 Å². The minimum absolute atomic E-state index is 0.0386. The summed E-state index contributed by atoms with van der Waals surface area (Å²) in [5.41, 5.74) is 0.000316. The zero-order chi connectivity index (χ0) is 21.5. The molecule has 0 amide bonds. The van der Waals surface area contributed by atoms with Crippen LogP contribution in [-0.2, 0) is 6.18 Å². The molecule has 0 radical (unpaired) electrons. The molecule has 0 fully saturated rings. The Hall–Kier alpha value is -1.60. The number of alkyl halides is 3. The number of fused-ring (bicyclic) bond motifs is 1. The third-order valence-corrected chi connectivity index (χ3v) is 4.00. The smallest absolute Gasteiger partial charge is 0.394 e. The van der Waals surface area contributed by atoms with Gasteiger partial charge in [0.25, 0.3) is 0 Å². The Balaban J connectivity index is 0.000000284. The minimum atomic E-state index is -4.39. The third kappa shape index (κ3) is 6.78. The molecule has 0 spiro atoms. The second-order valence-electron chi connectivity index (χ2n) is 5.86. The molecule has 0 saturated carbocycles. The fourth-order valence-corrected chi connectivity index (χ4v) is 2.45. The van der Waals surface area contributed by atoms with Crippen LogP contribution in [0.5, 0.6) is 0 Å². The Bertz CT molecular complexity index is 663. The molecular weight excluding hydrogens is 407 g/mol. The molecule has 4 atom stereocenters. The number of hydrogen-bond acceptors (Lipinski definition) is 8. The van der Waals surface area contributed by atoms with E-state index in [1.54, 1.807) is 13.2 Å². The molecule has 28 heavy (non-hydrogen) atoms. The van der Waals surface area contributed by atoms with Crippen LogP contribution < -0.4 is 16.0 Å². The lowest BCUT2D eigenvalue weighted by Crippen LogP contribution is -2.48. The number of halogens is 4. The molecule has 1 aromatic carbocycles. The highest BCUT2D eigenvalue weighted by Crippen LogP contribution is 2.39. The summed E-state index contributed by atoms with van der Waals surface area (Å²) in [4.78, 5) is 0. The van der Waals surface area contributed by atoms with Gasteiger partial charge in [0.05, 0.1) is 34.7 Å². The lowest BCUT2D eigenvalue weighted by atomic mass is 10.0. The van der Waals surface area contributed by atoms with Crippen molar-refractivity contribution in [1.82, 2.24) is 5.32 Å². The Kier molecular flexibility index (Phi) is 9.44. The van der Waals surface area contributed by atoms with E-state index < -0.39 is 42.8 Å². The number of benzene rings is 1. The zero-order valence-corrected chi connectivity index (χ0v) is 15.5. The fourth-order valence-electron chi connectivity index (χ4n) is 2.18. The Morgan fingerprint density at radius 3 is 2.14 bits per heavy atom. The first-order chi connectivity index (χ1) is 13.0. The summed E-state index contributed by atoms with van der Waals surface area (Å²) in [7, 11) is 1.57. The highest BCUT2D eigenvalue weighted by Gasteiger charge is 2.32. The Morgan fingerprint density at radius 1 is 1.04 bits per heavy atom. The van der Waals surface area contributed by atoms with Crippen molar-refractivity contribution in [3.63, 3.8) is 0 Å². The average molecular weight is 430 g/mol. The van der Waals surface area contributed by atoms with Crippen molar-refractivity contribution in [2.45, 2.75) is 30.6 Å². The van der Waals surface area contributed by atoms with Crippen molar-refractivity contribution in [3.05, 3.63) is 35.1 Å². The Morgan fingerprint density at radius 2 is 1.61 bits per heavy atom. The maximum Gasteiger partial charge on any atom is 0.416 e. The molecule has 8 nitrogen and oxygen atoms in total. The van der Waals surface area contributed by atoms with Crippen LogP contribution in [0.2, 0.25) is 5.02 Å². The Labute approximate surface area is 164 Å². The van der Waals surface area contributed by atoms with Crippen LogP contribution in [0.15, 0.2) is 24.5 Å². The molecule has 1 heterocycles. The van der Waals surface area contributed by atoms with Crippen molar-refractivity contribution in [2.75, 3.05) is 30.8 Å². The largest absolute Gasteiger partial charge is 0.416 e. The summed E-state index contributed by atoms with van der Waals surface area (Å²) < 4.78 is 37.2. The van der Waals surface area contributed by atoms with Crippen LogP contribution in [0.25, 0.3) is 0 Å². The van der Waals surface area contributed by atoms with Crippen molar-refractivity contribution >= 4 is 23.0 Å². The lowest BCUT2D eigenvalue weighted by molar-refractivity contribution is -0.137. The predicted octanol–water partition coefficient (Wildman–Crippen LogP) is 0.309. The molecule has 1 aromatic rings. The van der Waals surface area contributed by atoms with E-state index in [9.17, 15) is 18.3 Å². The van der Waals surface area contributed by atoms with Crippen molar-refractivity contribution in [2.24, 2.45) is 0 Å². The lowest BCUT2D eigenvalue weighted by Gasteiger charge is -2.25. The van der Waals surface area contributed by atoms with Crippen LogP contribution >= 0.6 is 11.6 Å². The van der Waals surface area contributed by atoms with E-state index in [0.29, 0.717) is 11.4 Å². The van der Waals surface area contributed by atoms with Gasteiger partial charge in [0.2, 0.25) is 0 Å². The van der Waals surface area contributed by atoms with Gasteiger partial charge in [-0.1, -0.05) is 11.6 Å². The van der Waals surface area contributed by atoms with Crippen LogP contribution in [0.4, 0.5) is 24.5 Å². The van der Waals surface area contributed by atoms with Gasteiger partial charge >= 0.3 is 6.18 Å². The fraction of sp³-hybridized carbons (Fsp3) is 0.500. The highest BCUT2D eigenvalue weighted by atomic mass is 35.5. The molecule has 0 aromatic heterocycles. The predicted molar refractivity (Wildman–Crippen MR) is 97.9 cm³/mol. The summed E-state index contributed by atoms with van der Waals surface area (Å²) in [5.74, 6) is 0. The van der Waals surface area contributed by atoms with Gasteiger partial charge < -0.3 is 41.5 Å². The van der Waals surface area contributed by atoms with E-state index in [1.807, 2.05) is 0 Å². The maximum atomic E-state index is 12.4. The molecule has 160 valence electrons. The van der Waals surface area contributed by atoms with Gasteiger partial charge in [0.1, 0.15) is 18.3 Å². The van der Waals surface area contributed by atoms with E-state index in [0.717, 1.165) is 12.1 Å². The first-order valence-corrected chi connectivity index (χ1v) is 8.47. The molecule has 0 saturated heterocycles. The number of likely N-dealkylation sites (N-methyl/N-ethyl adjacent to an activating group) is 1. The van der Waals surface area contributed by atoms with E-state index in [2.05, 4.69) is 16.0 Å². The first kappa shape index (κ1) is 24.4. The van der Waals surface area contributed by atoms with E-state index in [4.69, 9.17) is 32.0 Å². The maximum absolute atomic E-state index is 12.4. The molecular formula is C16H23ClF3N3O5. The summed E-state index contributed by atoms with van der Waals surface area (Å²) in [6.07, 6.45) is -6.98. The number of aliphatic hydroxyl groups excluding tert-OH is 5. The van der Waals surface area contributed by atoms with Gasteiger partial charge in [-0.05, 0) is 19.2 Å². The topological polar surface area (TPSA) is 137 Å². The monoisotopic (exact) mass is 429 g/mol. The molecule has 1 aliphatic heterocycles. The standard InChI is InChI=1S/C9H6ClF3N2.C7H17NO5/c10-6-3-5(9(11,12)13)4-7-8(6)15-2-1-14-7;1-8-2-4(10)6(12)7(13)5(11)3-9/h1-4,14-15H;4-13H,2-3H2,1H3/t;4-,5+,6+,7+/m.0/s1. The number of rotatable bonds is 6. The van der Waals surface area contributed by atoms with Gasteiger partial charge in [0.15, 0.2) is 0 Å². The molecule has 0 unspecified atom stereocenters. The summed E-state index contributed by atoms with van der Waals surface area (Å²) in [6, 6.07) is 1.91. The van der Waals surface area contributed by atoms with Gasteiger partial charge in [-0.15, -0.1) is 0 Å². The van der Waals surface area contributed by atoms with Crippen molar-refractivity contribution in [3.8, 4) is 0 Å². The second kappa shape index (κ2) is 10.8. The summed E-state index contributed by atoms with van der Waals surface area (Å²) in [6.45, 7) is -0.569. The van der Waals surface area contributed by atoms with Gasteiger partial charge in [0, 0.05) is 18.9 Å². The average Bonchev–Trinajstić information content (AvgIpc) is 2.66.